The Morgan fingerprint density at radius 2 is 0.444 bits per heavy atom. The summed E-state index contributed by atoms with van der Waals surface area (Å²) in [5, 5.41) is 9.05. The molecule has 0 aliphatic carbocycles. The number of nitrogens with zero attached hydrogens (tertiary/aromatic N) is 4. The second-order valence-corrected chi connectivity index (χ2v) is 31.1. The lowest BCUT2D eigenvalue weighted by atomic mass is 9.98. The largest absolute Gasteiger partial charge is 0.494 e. The molecule has 5 heterocycles. The standard InChI is InChI=1S/C99H138N4O5/c1-4-7-10-13-16-19-27-32-38-43-48-74-106-85-57-51-54-81(77-85)97-90-66-64-88(100-90)96(80-60-62-84(63-61-80)105-73-47-42-37-35-30-25-23-22-24-26-31-36-41-46-72-104)89-65-67-91(101-89)98(82-55-52-58-86(78-82)107-75-49-44-39-33-28-20-17-14-11-8-5-2)93-69-71-95(103-93)99(94-70-68-92(97)102-94)83-56-53-59-87(79-83)108-76-50-45-40-34-29-21-18-15-12-9-6-3/h51-71,77-79,104H,4-50,72-76H2,1-3H3. The van der Waals surface area contributed by atoms with Crippen LogP contribution in [0, 0.1) is 0 Å². The Hall–Kier alpha value is -7.36. The lowest BCUT2D eigenvalue weighted by molar-refractivity contribution is 0.282. The maximum atomic E-state index is 9.05. The molecule has 0 radical (unpaired) electrons. The molecule has 0 unspecified atom stereocenters. The second kappa shape index (κ2) is 51.9. The quantitative estimate of drug-likeness (QED) is 0.0443. The Kier molecular flexibility index (Phi) is 40.7. The van der Waals surface area contributed by atoms with Gasteiger partial charge in [0, 0.05) is 28.9 Å². The summed E-state index contributed by atoms with van der Waals surface area (Å²) in [6.07, 6.45) is 77.5. The van der Waals surface area contributed by atoms with E-state index in [4.69, 9.17) is 44.0 Å². The molecule has 0 fully saturated rings. The fraction of sp³-hybridized carbons (Fsp3) is 0.556. The van der Waals surface area contributed by atoms with Crippen LogP contribution in [-0.2, 0) is 0 Å². The third-order valence-corrected chi connectivity index (χ3v) is 22.0. The maximum Gasteiger partial charge on any atom is 0.119 e. The lowest BCUT2D eigenvalue weighted by Gasteiger charge is -2.14. The summed E-state index contributed by atoms with van der Waals surface area (Å²) in [5.74, 6) is 3.39. The zero-order valence-corrected chi connectivity index (χ0v) is 67.5. The first-order valence-electron chi connectivity index (χ1n) is 44.1. The molecule has 0 amide bonds. The minimum atomic E-state index is 0.329. The van der Waals surface area contributed by atoms with Gasteiger partial charge in [0.05, 0.1) is 72.1 Å². The first kappa shape index (κ1) is 84.7. The van der Waals surface area contributed by atoms with Crippen LogP contribution in [-0.4, -0.2) is 61.0 Å². The topological polar surface area (TPSA) is 107 Å². The molecule has 8 bridgehead atoms. The van der Waals surface area contributed by atoms with Gasteiger partial charge in [-0.15, -0.1) is 0 Å². The minimum absolute atomic E-state index is 0.329. The molecule has 9 heteroatoms. The van der Waals surface area contributed by atoms with Crippen molar-refractivity contribution in [2.45, 2.75) is 323 Å². The van der Waals surface area contributed by atoms with Crippen LogP contribution in [0.3, 0.4) is 0 Å². The normalized spacial score (nSPS) is 14.5. The van der Waals surface area contributed by atoms with E-state index in [2.05, 4.69) is 166 Å². The van der Waals surface area contributed by atoms with Gasteiger partial charge in [0.15, 0.2) is 0 Å². The van der Waals surface area contributed by atoms with Crippen molar-refractivity contribution in [2.75, 3.05) is 33.0 Å². The summed E-state index contributed by atoms with van der Waals surface area (Å²) < 4.78 is 26.3. The highest BCUT2D eigenvalue weighted by molar-refractivity contribution is 6.39. The molecule has 1 N–H and O–H groups in total. The number of hydrogen-bond acceptors (Lipinski definition) is 9. The number of ether oxygens (including phenoxy) is 4. The predicted molar refractivity (Wildman–Crippen MR) is 463 cm³/mol. The van der Waals surface area contributed by atoms with Crippen molar-refractivity contribution in [1.29, 1.82) is 0 Å². The molecule has 0 atom stereocenters. The lowest BCUT2D eigenvalue weighted by Crippen LogP contribution is -2.05. The number of aliphatic imine (C=N–C) groups is 4. The van der Waals surface area contributed by atoms with E-state index in [9.17, 15) is 0 Å². The first-order chi connectivity index (χ1) is 53.5. The van der Waals surface area contributed by atoms with Gasteiger partial charge in [0.1, 0.15) is 23.0 Å². The number of aliphatic hydroxyl groups excluding tert-OH is 1. The third-order valence-electron chi connectivity index (χ3n) is 22.0. The average Bonchev–Trinajstić information content (AvgIpc) is 1.61. The Morgan fingerprint density at radius 1 is 0.222 bits per heavy atom. The van der Waals surface area contributed by atoms with Crippen molar-refractivity contribution < 1.29 is 24.1 Å². The predicted octanol–water partition coefficient (Wildman–Crippen LogP) is 28.6. The van der Waals surface area contributed by atoms with Gasteiger partial charge in [0.2, 0.25) is 0 Å². The third kappa shape index (κ3) is 30.1. The monoisotopic (exact) mass is 1460 g/mol. The highest BCUT2D eigenvalue weighted by atomic mass is 16.5. The van der Waals surface area contributed by atoms with Crippen LogP contribution in [0.4, 0.5) is 0 Å². The van der Waals surface area contributed by atoms with E-state index in [1.165, 1.54) is 263 Å². The molecule has 4 aromatic carbocycles. The number of hydrogen-bond donors (Lipinski definition) is 1. The Morgan fingerprint density at radius 3 is 0.694 bits per heavy atom. The Balaban J connectivity index is 0.998. The van der Waals surface area contributed by atoms with E-state index in [1.807, 2.05) is 0 Å². The van der Waals surface area contributed by atoms with Gasteiger partial charge < -0.3 is 24.1 Å². The van der Waals surface area contributed by atoms with Gasteiger partial charge in [-0.1, -0.05) is 339 Å². The summed E-state index contributed by atoms with van der Waals surface area (Å²) in [6.45, 7) is 9.92. The van der Waals surface area contributed by atoms with Crippen LogP contribution in [0.5, 0.6) is 23.0 Å². The van der Waals surface area contributed by atoms with Crippen molar-refractivity contribution in [3.8, 4) is 23.0 Å². The van der Waals surface area contributed by atoms with Crippen LogP contribution >= 0.6 is 0 Å². The first-order valence-corrected chi connectivity index (χ1v) is 44.1. The summed E-state index contributed by atoms with van der Waals surface area (Å²) in [7, 11) is 0. The number of fused-ring (bicyclic) bond motifs is 4. The van der Waals surface area contributed by atoms with Crippen LogP contribution in [0.25, 0.3) is 22.3 Å². The van der Waals surface area contributed by atoms with Crippen LogP contribution in [0.1, 0.15) is 345 Å². The molecular weight excluding hydrogens is 1330 g/mol. The van der Waals surface area contributed by atoms with Gasteiger partial charge in [0.25, 0.3) is 0 Å². The zero-order chi connectivity index (χ0) is 74.9. The number of allylic oxidation sites excluding steroid dienone is 12. The van der Waals surface area contributed by atoms with Crippen molar-refractivity contribution in [1.82, 2.24) is 0 Å². The molecule has 584 valence electrons. The molecule has 0 spiro atoms. The molecule has 108 heavy (non-hydrogen) atoms. The van der Waals surface area contributed by atoms with Gasteiger partial charge in [-0.05, 0) is 151 Å². The van der Waals surface area contributed by atoms with E-state index in [1.54, 1.807) is 0 Å². The molecule has 9 nitrogen and oxygen atoms in total. The van der Waals surface area contributed by atoms with E-state index in [-0.39, 0.29) is 0 Å². The summed E-state index contributed by atoms with van der Waals surface area (Å²) >= 11 is 0. The fourth-order valence-corrected chi connectivity index (χ4v) is 15.6. The van der Waals surface area contributed by atoms with E-state index in [0.717, 1.165) is 152 Å². The van der Waals surface area contributed by atoms with E-state index < -0.39 is 0 Å². The smallest absolute Gasteiger partial charge is 0.119 e. The van der Waals surface area contributed by atoms with Crippen molar-refractivity contribution in [3.63, 3.8) is 0 Å². The van der Waals surface area contributed by atoms with Crippen molar-refractivity contribution in [3.05, 3.63) is 191 Å². The summed E-state index contributed by atoms with van der Waals surface area (Å²) in [4.78, 5) is 22.7. The zero-order valence-electron chi connectivity index (χ0n) is 67.5. The maximum absolute atomic E-state index is 9.05. The van der Waals surface area contributed by atoms with Crippen LogP contribution in [0.15, 0.2) is 188 Å². The van der Waals surface area contributed by atoms with Gasteiger partial charge in [-0.25, -0.2) is 20.0 Å². The molecule has 0 aromatic heterocycles. The number of aliphatic hydroxyl groups is 1. The fourth-order valence-electron chi connectivity index (χ4n) is 15.6. The molecule has 0 saturated carbocycles. The SMILES string of the molecule is CCCCCCCCCCCCCOc1cccc(C2=C3C=CC(=N3)C(c3cccc(OCCCCCCCCCCCCC)c3)=C3C=CC(=N3)C(c3cccc(OCCCCCCCCCCCCC)c3)=C3C=CC(=N3)C(c3ccc(OCCCCCCCCCCCCCCCCO)cc3)=C3C=CC2=N3)c1. The van der Waals surface area contributed by atoms with Gasteiger partial charge >= 0.3 is 0 Å². The van der Waals surface area contributed by atoms with Gasteiger partial charge in [-0.2, -0.15) is 0 Å². The second-order valence-electron chi connectivity index (χ2n) is 31.1. The average molecular weight is 1460 g/mol. The highest BCUT2D eigenvalue weighted by Gasteiger charge is 2.29. The van der Waals surface area contributed by atoms with Gasteiger partial charge in [-0.3, -0.25) is 0 Å². The molecular formula is C99H138N4O5. The minimum Gasteiger partial charge on any atom is -0.494 e. The molecule has 9 rings (SSSR count). The summed E-state index contributed by atoms with van der Waals surface area (Å²) in [6, 6.07) is 34.3. The van der Waals surface area contributed by atoms with E-state index >= 15 is 0 Å². The molecule has 5 aliphatic rings. The molecule has 5 aliphatic heterocycles. The van der Waals surface area contributed by atoms with E-state index in [0.29, 0.717) is 33.0 Å². The number of benzene rings is 4. The Labute approximate surface area is 654 Å². The number of rotatable bonds is 60. The Bertz CT molecular complexity index is 3610. The van der Waals surface area contributed by atoms with Crippen LogP contribution in [0.2, 0.25) is 0 Å². The molecule has 0 saturated heterocycles. The number of unbranched alkanes of at least 4 members (excludes halogenated alkanes) is 43. The molecule has 4 aromatic rings. The summed E-state index contributed by atoms with van der Waals surface area (Å²) in [5.41, 5.74) is 14.2. The highest BCUT2D eigenvalue weighted by Crippen LogP contribution is 2.41. The van der Waals surface area contributed by atoms with Crippen LogP contribution < -0.4 is 18.9 Å². The van der Waals surface area contributed by atoms with Crippen molar-refractivity contribution >= 4 is 45.1 Å². The van der Waals surface area contributed by atoms with Crippen molar-refractivity contribution in [2.24, 2.45) is 20.0 Å².